The molecule has 3 amide bonds. The van der Waals surface area contributed by atoms with Crippen LogP contribution in [0.5, 0.6) is 0 Å². The van der Waals surface area contributed by atoms with E-state index in [1.807, 2.05) is 0 Å². The zero-order valence-electron chi connectivity index (χ0n) is 15.1. The van der Waals surface area contributed by atoms with Gasteiger partial charge in [-0.05, 0) is 44.4 Å². The van der Waals surface area contributed by atoms with Gasteiger partial charge in [-0.1, -0.05) is 25.7 Å². The van der Waals surface area contributed by atoms with Crippen molar-refractivity contribution in [1.29, 1.82) is 0 Å². The number of likely N-dealkylation sites (tertiary alicyclic amines) is 2. The summed E-state index contributed by atoms with van der Waals surface area (Å²) < 4.78 is 0. The molecule has 0 bridgehead atoms. The quantitative estimate of drug-likeness (QED) is 0.738. The second-order valence-corrected chi connectivity index (χ2v) is 8.42. The smallest absolute Gasteiger partial charge is 0.233 e. The topological polar surface area (TPSA) is 57.7 Å². The number of amides is 3. The lowest BCUT2D eigenvalue weighted by Gasteiger charge is -2.44. The van der Waals surface area contributed by atoms with Crippen LogP contribution < -0.4 is 0 Å². The van der Waals surface area contributed by atoms with Crippen LogP contribution in [0, 0.1) is 17.8 Å². The standard InChI is InChI=1S/C20H30N2O3/c23-18(21-12-5-7-14-6-1-4-10-17(14)21)11-13-22-19(24)15-8-2-3-9-16(15)20(22)25/h14-17H,1-13H2/t14?,15-,16-,17?/m0/s1. The molecule has 4 aliphatic rings. The van der Waals surface area contributed by atoms with E-state index in [-0.39, 0.29) is 36.1 Å². The first kappa shape index (κ1) is 17.0. The fraction of sp³-hybridized carbons (Fsp3) is 0.850. The van der Waals surface area contributed by atoms with E-state index in [2.05, 4.69) is 4.90 Å². The molecule has 0 aromatic rings. The number of hydrogen-bond donors (Lipinski definition) is 0. The number of nitrogens with zero attached hydrogens (tertiary/aromatic N) is 2. The fourth-order valence-electron chi connectivity index (χ4n) is 5.74. The minimum absolute atomic E-state index is 0.0170. The van der Waals surface area contributed by atoms with E-state index in [0.717, 1.165) is 45.1 Å². The average molecular weight is 346 g/mol. The fourth-order valence-corrected chi connectivity index (χ4v) is 5.74. The summed E-state index contributed by atoms with van der Waals surface area (Å²) in [6.45, 7) is 1.14. The average Bonchev–Trinajstić information content (AvgIpc) is 2.90. The summed E-state index contributed by atoms with van der Waals surface area (Å²) in [4.78, 5) is 41.4. The van der Waals surface area contributed by atoms with E-state index in [1.165, 1.54) is 30.6 Å². The first-order valence-corrected chi connectivity index (χ1v) is 10.3. The highest BCUT2D eigenvalue weighted by Crippen LogP contribution is 2.38. The van der Waals surface area contributed by atoms with Crippen molar-refractivity contribution in [3.05, 3.63) is 0 Å². The highest BCUT2D eigenvalue weighted by atomic mass is 16.2. The maximum absolute atomic E-state index is 12.8. The second kappa shape index (κ2) is 7.08. The van der Waals surface area contributed by atoms with Gasteiger partial charge in [0, 0.05) is 25.6 Å². The van der Waals surface area contributed by atoms with Gasteiger partial charge in [0.1, 0.15) is 0 Å². The Morgan fingerprint density at radius 2 is 1.44 bits per heavy atom. The molecule has 138 valence electrons. The lowest BCUT2D eigenvalue weighted by Crippen LogP contribution is -2.50. The number of rotatable bonds is 3. The number of piperidine rings is 1. The van der Waals surface area contributed by atoms with Crippen molar-refractivity contribution < 1.29 is 14.4 Å². The number of imide groups is 1. The summed E-state index contributed by atoms with van der Waals surface area (Å²) in [7, 11) is 0. The molecule has 0 aromatic carbocycles. The second-order valence-electron chi connectivity index (χ2n) is 8.42. The molecule has 4 fully saturated rings. The third kappa shape index (κ3) is 3.11. The molecule has 2 heterocycles. The summed E-state index contributed by atoms with van der Waals surface area (Å²) >= 11 is 0. The maximum atomic E-state index is 12.8. The first-order chi connectivity index (χ1) is 12.2. The van der Waals surface area contributed by atoms with Crippen molar-refractivity contribution in [3.63, 3.8) is 0 Å². The van der Waals surface area contributed by atoms with Crippen LogP contribution in [0.2, 0.25) is 0 Å². The van der Waals surface area contributed by atoms with Gasteiger partial charge in [-0.25, -0.2) is 0 Å². The Bertz CT molecular complexity index is 535. The summed E-state index contributed by atoms with van der Waals surface area (Å²) in [6.07, 6.45) is 11.3. The molecule has 2 aliphatic heterocycles. The van der Waals surface area contributed by atoms with E-state index in [0.29, 0.717) is 18.4 Å². The van der Waals surface area contributed by atoms with E-state index < -0.39 is 0 Å². The van der Waals surface area contributed by atoms with Crippen LogP contribution in [0.15, 0.2) is 0 Å². The van der Waals surface area contributed by atoms with Gasteiger partial charge >= 0.3 is 0 Å². The number of carbonyl (C=O) groups excluding carboxylic acids is 3. The highest BCUT2D eigenvalue weighted by Gasteiger charge is 2.48. The normalized spacial score (nSPS) is 35.5. The first-order valence-electron chi connectivity index (χ1n) is 10.3. The summed E-state index contributed by atoms with van der Waals surface area (Å²) in [5.74, 6) is 0.577. The van der Waals surface area contributed by atoms with Crippen molar-refractivity contribution >= 4 is 17.7 Å². The zero-order valence-corrected chi connectivity index (χ0v) is 15.1. The van der Waals surface area contributed by atoms with Crippen molar-refractivity contribution in [2.75, 3.05) is 13.1 Å². The lowest BCUT2D eigenvalue weighted by molar-refractivity contribution is -0.142. The number of fused-ring (bicyclic) bond motifs is 2. The van der Waals surface area contributed by atoms with Gasteiger partial charge in [-0.3, -0.25) is 19.3 Å². The van der Waals surface area contributed by atoms with Crippen LogP contribution in [0.1, 0.15) is 70.6 Å². The predicted molar refractivity (Wildman–Crippen MR) is 93.5 cm³/mol. The summed E-state index contributed by atoms with van der Waals surface area (Å²) in [6, 6.07) is 0.405. The molecule has 0 radical (unpaired) electrons. The van der Waals surface area contributed by atoms with E-state index >= 15 is 0 Å². The molecule has 2 aliphatic carbocycles. The minimum Gasteiger partial charge on any atom is -0.339 e. The molecular formula is C20H30N2O3. The molecular weight excluding hydrogens is 316 g/mol. The molecule has 25 heavy (non-hydrogen) atoms. The largest absolute Gasteiger partial charge is 0.339 e. The SMILES string of the molecule is O=C1[C@H]2CCCC[C@@H]2C(=O)N1CCC(=O)N1CCCC2CCCCC21. The van der Waals surface area contributed by atoms with Crippen LogP contribution in [-0.2, 0) is 14.4 Å². The molecule has 4 atom stereocenters. The Morgan fingerprint density at radius 1 is 0.840 bits per heavy atom. The van der Waals surface area contributed by atoms with Crippen molar-refractivity contribution in [1.82, 2.24) is 9.80 Å². The van der Waals surface area contributed by atoms with Gasteiger partial charge in [-0.2, -0.15) is 0 Å². The van der Waals surface area contributed by atoms with Crippen LogP contribution in [-0.4, -0.2) is 46.7 Å². The van der Waals surface area contributed by atoms with Gasteiger partial charge < -0.3 is 4.90 Å². The molecule has 2 saturated heterocycles. The van der Waals surface area contributed by atoms with Gasteiger partial charge in [0.05, 0.1) is 11.8 Å². The highest BCUT2D eigenvalue weighted by molar-refractivity contribution is 6.05. The van der Waals surface area contributed by atoms with Crippen LogP contribution in [0.4, 0.5) is 0 Å². The van der Waals surface area contributed by atoms with E-state index in [1.54, 1.807) is 0 Å². The third-order valence-electron chi connectivity index (χ3n) is 7.05. The summed E-state index contributed by atoms with van der Waals surface area (Å²) in [5, 5.41) is 0. The Hall–Kier alpha value is -1.39. The molecule has 5 heteroatoms. The monoisotopic (exact) mass is 346 g/mol. The Kier molecular flexibility index (Phi) is 4.83. The van der Waals surface area contributed by atoms with Crippen molar-refractivity contribution in [2.45, 2.75) is 76.7 Å². The predicted octanol–water partition coefficient (Wildman–Crippen LogP) is 2.73. The van der Waals surface area contributed by atoms with Crippen molar-refractivity contribution in [3.8, 4) is 0 Å². The van der Waals surface area contributed by atoms with Gasteiger partial charge in [-0.15, -0.1) is 0 Å². The lowest BCUT2D eigenvalue weighted by atomic mass is 9.78. The van der Waals surface area contributed by atoms with E-state index in [9.17, 15) is 14.4 Å². The van der Waals surface area contributed by atoms with Gasteiger partial charge in [0.25, 0.3) is 0 Å². The molecule has 0 aromatic heterocycles. The molecule has 5 nitrogen and oxygen atoms in total. The molecule has 4 rings (SSSR count). The number of hydrogen-bond acceptors (Lipinski definition) is 3. The molecule has 2 saturated carbocycles. The van der Waals surface area contributed by atoms with Crippen LogP contribution >= 0.6 is 0 Å². The maximum Gasteiger partial charge on any atom is 0.233 e. The molecule has 0 N–H and O–H groups in total. The molecule has 0 spiro atoms. The number of carbonyl (C=O) groups is 3. The van der Waals surface area contributed by atoms with Gasteiger partial charge in [0.15, 0.2) is 0 Å². The van der Waals surface area contributed by atoms with Gasteiger partial charge in [0.2, 0.25) is 17.7 Å². The summed E-state index contributed by atoms with van der Waals surface area (Å²) in [5.41, 5.74) is 0. The van der Waals surface area contributed by atoms with E-state index in [4.69, 9.17) is 0 Å². The molecule has 2 unspecified atom stereocenters. The third-order valence-corrected chi connectivity index (χ3v) is 7.05. The van der Waals surface area contributed by atoms with Crippen LogP contribution in [0.3, 0.4) is 0 Å². The Morgan fingerprint density at radius 3 is 2.16 bits per heavy atom. The Balaban J connectivity index is 1.37. The van der Waals surface area contributed by atoms with Crippen molar-refractivity contribution in [2.24, 2.45) is 17.8 Å². The zero-order chi connectivity index (χ0) is 17.4. The minimum atomic E-state index is -0.103. The van der Waals surface area contributed by atoms with Crippen LogP contribution in [0.25, 0.3) is 0 Å². The Labute approximate surface area is 150 Å².